The summed E-state index contributed by atoms with van der Waals surface area (Å²) in [5.74, 6) is -0.743. The maximum atomic E-state index is 13.2. The molecule has 0 unspecified atom stereocenters. The van der Waals surface area contributed by atoms with Crippen molar-refractivity contribution in [3.63, 3.8) is 0 Å². The average molecular weight is 483 g/mol. The number of benzene rings is 3. The fourth-order valence-electron chi connectivity index (χ4n) is 2.92. The van der Waals surface area contributed by atoms with Crippen LogP contribution in [-0.4, -0.2) is 20.9 Å². The van der Waals surface area contributed by atoms with Crippen molar-refractivity contribution in [1.29, 1.82) is 0 Å². The van der Waals surface area contributed by atoms with Crippen LogP contribution in [-0.2, 0) is 21.0 Å². The van der Waals surface area contributed by atoms with E-state index in [-0.39, 0.29) is 10.6 Å². The Hall–Kier alpha value is -3.04. The molecule has 0 aliphatic rings. The number of sulfonamides is 1. The number of nitrogens with one attached hydrogen (secondary N) is 1. The van der Waals surface area contributed by atoms with Crippen LogP contribution >= 0.6 is 11.6 Å². The van der Waals surface area contributed by atoms with Gasteiger partial charge in [0.1, 0.15) is 6.54 Å². The molecular formula is C22H18ClF3N2O3S. The molecule has 0 saturated carbocycles. The van der Waals surface area contributed by atoms with E-state index in [1.165, 1.54) is 36.4 Å². The number of amides is 1. The number of carbonyl (C=O) groups excluding carboxylic acids is 1. The number of hydrogen-bond acceptors (Lipinski definition) is 3. The molecule has 0 aliphatic carbocycles. The molecule has 0 aromatic heterocycles. The normalized spacial score (nSPS) is 11.8. The van der Waals surface area contributed by atoms with Gasteiger partial charge in [-0.25, -0.2) is 8.42 Å². The Morgan fingerprint density at radius 3 is 2.34 bits per heavy atom. The Kier molecular flexibility index (Phi) is 6.80. The number of rotatable bonds is 6. The first kappa shape index (κ1) is 23.6. The van der Waals surface area contributed by atoms with E-state index in [1.54, 1.807) is 25.1 Å². The second-order valence-corrected chi connectivity index (χ2v) is 9.18. The lowest BCUT2D eigenvalue weighted by molar-refractivity contribution is -0.137. The largest absolute Gasteiger partial charge is 0.416 e. The van der Waals surface area contributed by atoms with E-state index in [4.69, 9.17) is 11.6 Å². The number of aryl methyl sites for hydroxylation is 1. The molecule has 3 rings (SSSR count). The number of carbonyl (C=O) groups is 1. The quantitative estimate of drug-likeness (QED) is 0.504. The van der Waals surface area contributed by atoms with E-state index >= 15 is 0 Å². The van der Waals surface area contributed by atoms with Crippen molar-refractivity contribution in [2.24, 2.45) is 0 Å². The fourth-order valence-corrected chi connectivity index (χ4v) is 4.53. The zero-order chi connectivity index (χ0) is 23.5. The number of hydrogen-bond donors (Lipinski definition) is 1. The van der Waals surface area contributed by atoms with Gasteiger partial charge in [-0.15, -0.1) is 0 Å². The van der Waals surface area contributed by atoms with Crippen LogP contribution in [0.15, 0.2) is 77.7 Å². The van der Waals surface area contributed by atoms with Gasteiger partial charge in [-0.1, -0.05) is 41.9 Å². The van der Waals surface area contributed by atoms with E-state index < -0.39 is 34.2 Å². The molecule has 1 N–H and O–H groups in total. The first-order valence-electron chi connectivity index (χ1n) is 9.29. The minimum Gasteiger partial charge on any atom is -0.324 e. The van der Waals surface area contributed by atoms with Gasteiger partial charge in [-0.05, 0) is 55.0 Å². The van der Waals surface area contributed by atoms with Crippen molar-refractivity contribution in [1.82, 2.24) is 0 Å². The van der Waals surface area contributed by atoms with Crippen LogP contribution in [0.1, 0.15) is 11.1 Å². The standard InChI is InChI=1S/C22H18ClF3N2O3S/c1-15-10-11-17(23)13-20(15)27-21(29)14-28(32(30,31)19-8-3-2-4-9-19)18-7-5-6-16(12-18)22(24,25)26/h2-13H,14H2,1H3,(H,27,29). The molecule has 0 radical (unpaired) electrons. The number of alkyl halides is 3. The molecule has 0 heterocycles. The third-order valence-electron chi connectivity index (χ3n) is 4.55. The minimum absolute atomic E-state index is 0.163. The Bertz CT molecular complexity index is 1230. The summed E-state index contributed by atoms with van der Waals surface area (Å²) in [4.78, 5) is 12.6. The molecule has 0 bridgehead atoms. The zero-order valence-corrected chi connectivity index (χ0v) is 18.3. The van der Waals surface area contributed by atoms with E-state index in [9.17, 15) is 26.4 Å². The van der Waals surface area contributed by atoms with Crippen molar-refractivity contribution in [2.45, 2.75) is 18.0 Å². The van der Waals surface area contributed by atoms with Crippen LogP contribution in [0.4, 0.5) is 24.5 Å². The highest BCUT2D eigenvalue weighted by molar-refractivity contribution is 7.92. The minimum atomic E-state index is -4.68. The molecule has 0 spiro atoms. The number of nitrogens with zero attached hydrogens (tertiary/aromatic N) is 1. The highest BCUT2D eigenvalue weighted by Crippen LogP contribution is 2.33. The van der Waals surface area contributed by atoms with Crippen LogP contribution in [0.25, 0.3) is 0 Å². The zero-order valence-electron chi connectivity index (χ0n) is 16.7. The summed E-state index contributed by atoms with van der Waals surface area (Å²) >= 11 is 5.95. The van der Waals surface area contributed by atoms with Gasteiger partial charge in [0, 0.05) is 10.7 Å². The first-order chi connectivity index (χ1) is 15.0. The van der Waals surface area contributed by atoms with Crippen LogP contribution in [0.5, 0.6) is 0 Å². The Morgan fingerprint density at radius 1 is 1.00 bits per heavy atom. The predicted octanol–water partition coefficient (Wildman–Crippen LogP) is 5.50. The third kappa shape index (κ3) is 5.41. The summed E-state index contributed by atoms with van der Waals surface area (Å²) in [5.41, 5.74) is -0.279. The Labute approximate surface area is 188 Å². The molecule has 0 saturated heterocycles. The van der Waals surface area contributed by atoms with E-state index in [2.05, 4.69) is 5.32 Å². The average Bonchev–Trinajstić information content (AvgIpc) is 2.74. The fraction of sp³-hybridized carbons (Fsp3) is 0.136. The van der Waals surface area contributed by atoms with Crippen LogP contribution in [0.2, 0.25) is 5.02 Å². The highest BCUT2D eigenvalue weighted by Gasteiger charge is 2.33. The van der Waals surface area contributed by atoms with Crippen LogP contribution < -0.4 is 9.62 Å². The van der Waals surface area contributed by atoms with Gasteiger partial charge in [0.2, 0.25) is 5.91 Å². The molecule has 10 heteroatoms. The van der Waals surface area contributed by atoms with Gasteiger partial charge in [0.15, 0.2) is 0 Å². The monoisotopic (exact) mass is 482 g/mol. The second kappa shape index (κ2) is 9.22. The predicted molar refractivity (Wildman–Crippen MR) is 117 cm³/mol. The summed E-state index contributed by atoms with van der Waals surface area (Å²) in [6.45, 7) is 0.974. The van der Waals surface area contributed by atoms with Crippen LogP contribution in [0.3, 0.4) is 0 Å². The third-order valence-corrected chi connectivity index (χ3v) is 6.58. The molecule has 168 valence electrons. The lowest BCUT2D eigenvalue weighted by Gasteiger charge is -2.25. The summed E-state index contributed by atoms with van der Waals surface area (Å²) in [5, 5.41) is 2.93. The maximum absolute atomic E-state index is 13.2. The molecule has 0 atom stereocenters. The molecule has 0 aliphatic heterocycles. The summed E-state index contributed by atoms with van der Waals surface area (Å²) in [6.07, 6.45) is -4.68. The molecule has 3 aromatic carbocycles. The van der Waals surface area contributed by atoms with Gasteiger partial charge in [-0.3, -0.25) is 9.10 Å². The molecular weight excluding hydrogens is 465 g/mol. The maximum Gasteiger partial charge on any atom is 0.416 e. The van der Waals surface area contributed by atoms with Crippen molar-refractivity contribution in [3.05, 3.63) is 88.9 Å². The van der Waals surface area contributed by atoms with Gasteiger partial charge >= 0.3 is 6.18 Å². The lowest BCUT2D eigenvalue weighted by Crippen LogP contribution is -2.38. The van der Waals surface area contributed by atoms with E-state index in [0.717, 1.165) is 12.1 Å². The Morgan fingerprint density at radius 2 is 1.69 bits per heavy atom. The SMILES string of the molecule is Cc1ccc(Cl)cc1NC(=O)CN(c1cccc(C(F)(F)F)c1)S(=O)(=O)c1ccccc1. The summed E-state index contributed by atoms with van der Waals surface area (Å²) < 4.78 is 66.8. The van der Waals surface area contributed by atoms with Crippen LogP contribution in [0, 0.1) is 6.92 Å². The molecule has 3 aromatic rings. The van der Waals surface area contributed by atoms with E-state index in [0.29, 0.717) is 26.6 Å². The molecule has 5 nitrogen and oxygen atoms in total. The van der Waals surface area contributed by atoms with Crippen molar-refractivity contribution < 1.29 is 26.4 Å². The van der Waals surface area contributed by atoms with Crippen molar-refractivity contribution in [3.8, 4) is 0 Å². The lowest BCUT2D eigenvalue weighted by atomic mass is 10.2. The highest BCUT2D eigenvalue weighted by atomic mass is 35.5. The summed E-state index contributed by atoms with van der Waals surface area (Å²) in [7, 11) is -4.34. The molecule has 1 amide bonds. The van der Waals surface area contributed by atoms with Crippen molar-refractivity contribution >= 4 is 38.9 Å². The van der Waals surface area contributed by atoms with Gasteiger partial charge in [0.05, 0.1) is 16.1 Å². The second-order valence-electron chi connectivity index (χ2n) is 6.88. The Balaban J connectivity index is 2.01. The topological polar surface area (TPSA) is 66.5 Å². The van der Waals surface area contributed by atoms with Gasteiger partial charge < -0.3 is 5.32 Å². The molecule has 32 heavy (non-hydrogen) atoms. The summed E-state index contributed by atoms with van der Waals surface area (Å²) in [6, 6.07) is 15.8. The number of halogens is 4. The number of anilines is 2. The van der Waals surface area contributed by atoms with Gasteiger partial charge in [0.25, 0.3) is 10.0 Å². The molecule has 0 fully saturated rings. The van der Waals surface area contributed by atoms with E-state index in [1.807, 2.05) is 0 Å². The van der Waals surface area contributed by atoms with Crippen molar-refractivity contribution in [2.75, 3.05) is 16.2 Å². The smallest absolute Gasteiger partial charge is 0.324 e. The first-order valence-corrected chi connectivity index (χ1v) is 11.1. The van der Waals surface area contributed by atoms with Gasteiger partial charge in [-0.2, -0.15) is 13.2 Å².